The molecule has 26 heavy (non-hydrogen) atoms. The molecule has 0 spiro atoms. The Kier molecular flexibility index (Phi) is 5.91. The van der Waals surface area contributed by atoms with Gasteiger partial charge >= 0.3 is 0 Å². The number of rotatable bonds is 4. The van der Waals surface area contributed by atoms with Gasteiger partial charge in [-0.1, -0.05) is 71.4 Å². The molecule has 1 atom stereocenters. The molecular weight excluding hydrogens is 389 g/mol. The fourth-order valence-electron chi connectivity index (χ4n) is 2.70. The SMILES string of the molecule is CC1=C(C(N)=O)[C@H](c2ccccc2)N=C(SCc2ccc(Cl)cc2Cl)N1. The van der Waals surface area contributed by atoms with Gasteiger partial charge in [-0.3, -0.25) is 4.79 Å². The molecular formula is C19H17Cl2N3OS. The standard InChI is InChI=1S/C19H17Cl2N3OS/c1-11-16(18(22)25)17(12-5-3-2-4-6-12)24-19(23-11)26-10-13-7-8-14(20)9-15(13)21/h2-9,17H,10H2,1H3,(H2,22,25)(H,23,24)/t17-/m0/s1. The maximum atomic E-state index is 11.9. The molecule has 134 valence electrons. The monoisotopic (exact) mass is 405 g/mol. The van der Waals surface area contributed by atoms with Gasteiger partial charge in [0.1, 0.15) is 6.04 Å². The number of amides is 1. The number of halogens is 2. The summed E-state index contributed by atoms with van der Waals surface area (Å²) in [6, 6.07) is 14.6. The van der Waals surface area contributed by atoms with Gasteiger partial charge in [0.05, 0.1) is 5.57 Å². The average Bonchev–Trinajstić information content (AvgIpc) is 2.61. The van der Waals surface area contributed by atoms with E-state index in [0.29, 0.717) is 32.2 Å². The van der Waals surface area contributed by atoms with Crippen LogP contribution in [0.4, 0.5) is 0 Å². The van der Waals surface area contributed by atoms with Gasteiger partial charge in [-0.05, 0) is 30.2 Å². The minimum Gasteiger partial charge on any atom is -0.366 e. The predicted octanol–water partition coefficient (Wildman–Crippen LogP) is 4.69. The molecule has 2 aromatic carbocycles. The van der Waals surface area contributed by atoms with E-state index in [-0.39, 0.29) is 0 Å². The minimum absolute atomic E-state index is 0.418. The van der Waals surface area contributed by atoms with Gasteiger partial charge in [0.25, 0.3) is 0 Å². The molecule has 0 saturated heterocycles. The third kappa shape index (κ3) is 4.23. The zero-order valence-corrected chi connectivity index (χ0v) is 16.3. The Morgan fingerprint density at radius 3 is 2.62 bits per heavy atom. The first kappa shape index (κ1) is 18.8. The van der Waals surface area contributed by atoms with Crippen LogP contribution in [0.25, 0.3) is 0 Å². The van der Waals surface area contributed by atoms with Crippen LogP contribution in [-0.4, -0.2) is 11.1 Å². The number of aliphatic imine (C=N–C) groups is 1. The normalized spacial score (nSPS) is 16.9. The van der Waals surface area contributed by atoms with Crippen molar-refractivity contribution in [1.82, 2.24) is 5.32 Å². The Morgan fingerprint density at radius 1 is 1.23 bits per heavy atom. The van der Waals surface area contributed by atoms with Crippen LogP contribution in [0, 0.1) is 0 Å². The van der Waals surface area contributed by atoms with Crippen LogP contribution in [0.15, 0.2) is 64.8 Å². The fourth-order valence-corrected chi connectivity index (χ4v) is 4.20. The van der Waals surface area contributed by atoms with Crippen molar-refractivity contribution in [3.8, 4) is 0 Å². The van der Waals surface area contributed by atoms with Crippen molar-refractivity contribution in [2.24, 2.45) is 10.7 Å². The number of hydrogen-bond acceptors (Lipinski definition) is 4. The molecule has 0 bridgehead atoms. The largest absolute Gasteiger partial charge is 0.366 e. The number of primary amides is 1. The highest BCUT2D eigenvalue weighted by Crippen LogP contribution is 2.33. The van der Waals surface area contributed by atoms with E-state index in [1.54, 1.807) is 6.07 Å². The number of hydrogen-bond donors (Lipinski definition) is 2. The first-order valence-corrected chi connectivity index (χ1v) is 9.67. The van der Waals surface area contributed by atoms with Crippen LogP contribution in [0.5, 0.6) is 0 Å². The molecule has 0 unspecified atom stereocenters. The smallest absolute Gasteiger partial charge is 0.248 e. The van der Waals surface area contributed by atoms with E-state index in [9.17, 15) is 4.79 Å². The second-order valence-corrected chi connectivity index (χ2v) is 7.61. The third-order valence-electron chi connectivity index (χ3n) is 3.98. The van der Waals surface area contributed by atoms with Crippen molar-refractivity contribution < 1.29 is 4.79 Å². The molecule has 0 aromatic heterocycles. The number of benzene rings is 2. The molecule has 3 N–H and O–H groups in total. The topological polar surface area (TPSA) is 67.5 Å². The maximum absolute atomic E-state index is 11.9. The van der Waals surface area contributed by atoms with E-state index in [1.165, 1.54) is 11.8 Å². The summed E-state index contributed by atoms with van der Waals surface area (Å²) in [6.07, 6.45) is 0. The number of amidine groups is 1. The highest BCUT2D eigenvalue weighted by atomic mass is 35.5. The van der Waals surface area contributed by atoms with E-state index in [1.807, 2.05) is 49.4 Å². The van der Waals surface area contributed by atoms with E-state index in [2.05, 4.69) is 5.32 Å². The quantitative estimate of drug-likeness (QED) is 0.775. The number of nitrogens with zero attached hydrogens (tertiary/aromatic N) is 1. The average molecular weight is 406 g/mol. The van der Waals surface area contributed by atoms with Gasteiger partial charge in [-0.25, -0.2) is 4.99 Å². The molecule has 2 aromatic rings. The molecule has 0 aliphatic carbocycles. The molecule has 4 nitrogen and oxygen atoms in total. The number of nitrogens with one attached hydrogen (secondary N) is 1. The first-order valence-electron chi connectivity index (χ1n) is 7.92. The van der Waals surface area contributed by atoms with Crippen LogP contribution in [-0.2, 0) is 10.5 Å². The molecule has 1 aliphatic rings. The second-order valence-electron chi connectivity index (χ2n) is 5.80. The first-order chi connectivity index (χ1) is 12.5. The summed E-state index contributed by atoms with van der Waals surface area (Å²) >= 11 is 13.7. The summed E-state index contributed by atoms with van der Waals surface area (Å²) in [5, 5.41) is 5.11. The van der Waals surface area contributed by atoms with Gasteiger partial charge in [0.15, 0.2) is 5.17 Å². The van der Waals surface area contributed by atoms with E-state index >= 15 is 0 Å². The lowest BCUT2D eigenvalue weighted by molar-refractivity contribution is -0.114. The lowest BCUT2D eigenvalue weighted by Gasteiger charge is -2.25. The second kappa shape index (κ2) is 8.16. The van der Waals surface area contributed by atoms with Gasteiger partial charge in [0, 0.05) is 21.5 Å². The summed E-state index contributed by atoms with van der Waals surface area (Å²) in [5.74, 6) is 0.153. The van der Waals surface area contributed by atoms with Crippen molar-refractivity contribution in [3.63, 3.8) is 0 Å². The Morgan fingerprint density at radius 2 is 1.96 bits per heavy atom. The summed E-state index contributed by atoms with van der Waals surface area (Å²) in [7, 11) is 0. The molecule has 0 radical (unpaired) electrons. The Hall–Kier alpha value is -1.95. The van der Waals surface area contributed by atoms with Crippen LogP contribution in [0.1, 0.15) is 24.1 Å². The van der Waals surface area contributed by atoms with E-state index in [0.717, 1.165) is 11.1 Å². The summed E-state index contributed by atoms with van der Waals surface area (Å²) in [6.45, 7) is 1.83. The summed E-state index contributed by atoms with van der Waals surface area (Å²) < 4.78 is 0. The van der Waals surface area contributed by atoms with Crippen molar-refractivity contribution in [2.45, 2.75) is 18.7 Å². The number of carbonyl (C=O) groups is 1. The number of nitrogens with two attached hydrogens (primary N) is 1. The van der Waals surface area contributed by atoms with E-state index in [4.69, 9.17) is 33.9 Å². The highest BCUT2D eigenvalue weighted by molar-refractivity contribution is 8.13. The lowest BCUT2D eigenvalue weighted by atomic mass is 9.96. The van der Waals surface area contributed by atoms with Crippen molar-refractivity contribution in [1.29, 1.82) is 0 Å². The highest BCUT2D eigenvalue weighted by Gasteiger charge is 2.27. The number of carbonyl (C=O) groups excluding carboxylic acids is 1. The third-order valence-corrected chi connectivity index (χ3v) is 5.50. The van der Waals surface area contributed by atoms with Crippen LogP contribution >= 0.6 is 35.0 Å². The van der Waals surface area contributed by atoms with Gasteiger partial charge in [-0.15, -0.1) is 0 Å². The Labute approximate surface area is 166 Å². The maximum Gasteiger partial charge on any atom is 0.248 e. The van der Waals surface area contributed by atoms with Gasteiger partial charge in [0.2, 0.25) is 5.91 Å². The molecule has 1 amide bonds. The van der Waals surface area contributed by atoms with Gasteiger partial charge < -0.3 is 11.1 Å². The van der Waals surface area contributed by atoms with Crippen molar-refractivity contribution in [3.05, 3.63) is 81.0 Å². The fraction of sp³-hybridized carbons (Fsp3) is 0.158. The number of thioether (sulfide) groups is 1. The van der Waals surface area contributed by atoms with Crippen molar-refractivity contribution >= 4 is 46.0 Å². The van der Waals surface area contributed by atoms with Crippen LogP contribution in [0.2, 0.25) is 10.0 Å². The summed E-state index contributed by atoms with van der Waals surface area (Å²) in [5.41, 5.74) is 8.66. The zero-order valence-electron chi connectivity index (χ0n) is 14.0. The zero-order chi connectivity index (χ0) is 18.7. The summed E-state index contributed by atoms with van der Waals surface area (Å²) in [4.78, 5) is 16.6. The molecule has 7 heteroatoms. The van der Waals surface area contributed by atoms with Crippen molar-refractivity contribution in [2.75, 3.05) is 0 Å². The van der Waals surface area contributed by atoms with Crippen LogP contribution in [0.3, 0.4) is 0 Å². The molecule has 1 aliphatic heterocycles. The molecule has 0 fully saturated rings. The molecule has 0 saturated carbocycles. The van der Waals surface area contributed by atoms with E-state index < -0.39 is 11.9 Å². The molecule has 3 rings (SSSR count). The number of allylic oxidation sites excluding steroid dienone is 1. The Balaban J connectivity index is 1.85. The minimum atomic E-state index is -0.475. The predicted molar refractivity (Wildman–Crippen MR) is 109 cm³/mol. The lowest BCUT2D eigenvalue weighted by Crippen LogP contribution is -2.32. The van der Waals surface area contributed by atoms with Crippen LogP contribution < -0.4 is 11.1 Å². The molecule has 1 heterocycles. The Bertz CT molecular complexity index is 897. The van der Waals surface area contributed by atoms with Gasteiger partial charge in [-0.2, -0.15) is 0 Å².